The van der Waals surface area contributed by atoms with Crippen molar-refractivity contribution in [2.24, 2.45) is 0 Å². The van der Waals surface area contributed by atoms with Crippen LogP contribution in [0.1, 0.15) is 47.2 Å². The summed E-state index contributed by atoms with van der Waals surface area (Å²) in [4.78, 5) is 0. The molecule has 0 bridgehead atoms. The highest BCUT2D eigenvalue weighted by molar-refractivity contribution is 5.86. The van der Waals surface area contributed by atoms with Gasteiger partial charge in [-0.05, 0) is 69.5 Å². The van der Waals surface area contributed by atoms with E-state index in [0.717, 1.165) is 35.5 Å². The zero-order chi connectivity index (χ0) is 27.2. The molecule has 1 aliphatic carbocycles. The minimum absolute atomic E-state index is 0.129. The van der Waals surface area contributed by atoms with E-state index in [1.807, 2.05) is 0 Å². The van der Waals surface area contributed by atoms with Crippen molar-refractivity contribution in [1.82, 2.24) is 0 Å². The molecule has 0 heterocycles. The Morgan fingerprint density at radius 2 is 1.05 bits per heavy atom. The van der Waals surface area contributed by atoms with Crippen molar-refractivity contribution in [2.45, 2.75) is 32.1 Å². The fraction of sp³-hybridized carbons (Fsp3) is 0.200. The first-order valence-corrected chi connectivity index (χ1v) is 13.4. The Morgan fingerprint density at radius 1 is 0.615 bits per heavy atom. The minimum Gasteiger partial charge on any atom is -0.466 e. The van der Waals surface area contributed by atoms with Crippen molar-refractivity contribution in [3.05, 3.63) is 144 Å². The number of fused-ring (bicyclic) bond motifs is 3. The summed E-state index contributed by atoms with van der Waals surface area (Å²) in [6.07, 6.45) is 4.44. The van der Waals surface area contributed by atoms with E-state index in [0.29, 0.717) is 0 Å². The zero-order valence-corrected chi connectivity index (χ0v) is 22.6. The smallest absolute Gasteiger partial charge is 0.229 e. The summed E-state index contributed by atoms with van der Waals surface area (Å²) in [5, 5.41) is 0. The van der Waals surface area contributed by atoms with Gasteiger partial charge in [0.2, 0.25) is 13.6 Å². The standard InChI is InChI=1S/C35H34O4/c1-5-25-21-27(17-19-33(25)38-23-36-7-3)35(28-18-20-34(26(6-2)22-28)39-24-37-8-4)31-15-11-9-13-29(31)30-14-10-12-16-32(30)35/h7-22H,3-6,23-24H2,1-2H3. The number of hydrogen-bond donors (Lipinski definition) is 0. The molecule has 0 spiro atoms. The first-order valence-electron chi connectivity index (χ1n) is 13.4. The molecule has 4 heteroatoms. The Kier molecular flexibility index (Phi) is 7.74. The zero-order valence-electron chi connectivity index (χ0n) is 22.6. The second kappa shape index (κ2) is 11.5. The lowest BCUT2D eigenvalue weighted by atomic mass is 9.67. The Balaban J connectivity index is 1.75. The topological polar surface area (TPSA) is 36.9 Å². The molecule has 4 aromatic carbocycles. The highest BCUT2D eigenvalue weighted by atomic mass is 16.7. The molecular formula is C35H34O4. The van der Waals surface area contributed by atoms with Gasteiger partial charge in [0.15, 0.2) is 0 Å². The largest absolute Gasteiger partial charge is 0.466 e. The number of benzene rings is 4. The average molecular weight is 519 g/mol. The van der Waals surface area contributed by atoms with Gasteiger partial charge in [-0.1, -0.05) is 99.8 Å². The Morgan fingerprint density at radius 3 is 1.46 bits per heavy atom. The normalized spacial score (nSPS) is 12.7. The quantitative estimate of drug-likeness (QED) is 0.0948. The van der Waals surface area contributed by atoms with Gasteiger partial charge >= 0.3 is 0 Å². The molecule has 1 aliphatic rings. The molecule has 0 N–H and O–H groups in total. The molecule has 0 aliphatic heterocycles. The number of ether oxygens (including phenoxy) is 4. The van der Waals surface area contributed by atoms with Crippen molar-refractivity contribution in [3.8, 4) is 22.6 Å². The molecule has 4 nitrogen and oxygen atoms in total. The Labute approximate surface area is 231 Å². The molecule has 0 fully saturated rings. The van der Waals surface area contributed by atoms with E-state index >= 15 is 0 Å². The number of hydrogen-bond acceptors (Lipinski definition) is 4. The third-order valence-corrected chi connectivity index (χ3v) is 7.50. The fourth-order valence-corrected chi connectivity index (χ4v) is 5.77. The van der Waals surface area contributed by atoms with Crippen LogP contribution in [0.15, 0.2) is 111 Å². The van der Waals surface area contributed by atoms with Crippen molar-refractivity contribution in [1.29, 1.82) is 0 Å². The third-order valence-electron chi connectivity index (χ3n) is 7.50. The number of rotatable bonds is 12. The monoisotopic (exact) mass is 518 g/mol. The van der Waals surface area contributed by atoms with E-state index in [1.165, 1.54) is 45.9 Å². The van der Waals surface area contributed by atoms with Gasteiger partial charge in [-0.25, -0.2) is 0 Å². The molecule has 0 radical (unpaired) electrons. The summed E-state index contributed by atoms with van der Waals surface area (Å²) in [5.74, 6) is 1.64. The summed E-state index contributed by atoms with van der Waals surface area (Å²) in [7, 11) is 0. The maximum Gasteiger partial charge on any atom is 0.229 e. The van der Waals surface area contributed by atoms with Crippen LogP contribution in [0.2, 0.25) is 0 Å². The first kappa shape index (κ1) is 26.2. The molecule has 0 atom stereocenters. The molecule has 5 rings (SSSR count). The maximum atomic E-state index is 5.93. The van der Waals surface area contributed by atoms with Crippen molar-refractivity contribution < 1.29 is 18.9 Å². The maximum absolute atomic E-state index is 5.93. The molecule has 0 saturated carbocycles. The summed E-state index contributed by atoms with van der Waals surface area (Å²) in [5.41, 5.74) is 9.17. The minimum atomic E-state index is -0.507. The molecule has 4 aromatic rings. The van der Waals surface area contributed by atoms with Gasteiger partial charge in [0.25, 0.3) is 0 Å². The molecule has 0 saturated heterocycles. The summed E-state index contributed by atoms with van der Waals surface area (Å²) < 4.78 is 22.3. The van der Waals surface area contributed by atoms with E-state index < -0.39 is 5.41 Å². The third kappa shape index (κ3) is 4.57. The van der Waals surface area contributed by atoms with Gasteiger partial charge in [0, 0.05) is 0 Å². The van der Waals surface area contributed by atoms with Gasteiger partial charge in [0.05, 0.1) is 17.9 Å². The lowest BCUT2D eigenvalue weighted by molar-refractivity contribution is 0.0796. The molecule has 198 valence electrons. The lowest BCUT2D eigenvalue weighted by Crippen LogP contribution is -2.29. The number of aryl methyl sites for hydroxylation is 2. The Bertz CT molecular complexity index is 1370. The van der Waals surface area contributed by atoms with Crippen molar-refractivity contribution in [2.75, 3.05) is 13.6 Å². The highest BCUT2D eigenvalue weighted by Crippen LogP contribution is 2.56. The predicted octanol–water partition coefficient (Wildman–Crippen LogP) is 8.17. The van der Waals surface area contributed by atoms with Crippen LogP contribution >= 0.6 is 0 Å². The van der Waals surface area contributed by atoms with Gasteiger partial charge in [-0.2, -0.15) is 0 Å². The van der Waals surface area contributed by atoms with Gasteiger partial charge in [-0.15, -0.1) is 0 Å². The van der Waals surface area contributed by atoms with Crippen molar-refractivity contribution in [3.63, 3.8) is 0 Å². The van der Waals surface area contributed by atoms with Gasteiger partial charge in [-0.3, -0.25) is 0 Å². The molecular weight excluding hydrogens is 484 g/mol. The molecule has 0 unspecified atom stereocenters. The van der Waals surface area contributed by atoms with E-state index in [4.69, 9.17) is 18.9 Å². The van der Waals surface area contributed by atoms with Crippen LogP contribution < -0.4 is 9.47 Å². The Hall–Kier alpha value is -4.44. The molecule has 0 aromatic heterocycles. The summed E-state index contributed by atoms with van der Waals surface area (Å²) >= 11 is 0. The average Bonchev–Trinajstić information content (AvgIpc) is 3.29. The molecule has 0 amide bonds. The predicted molar refractivity (Wildman–Crippen MR) is 156 cm³/mol. The summed E-state index contributed by atoms with van der Waals surface area (Å²) in [6, 6.07) is 30.6. The van der Waals surface area contributed by atoms with Crippen LogP contribution in [0.5, 0.6) is 11.5 Å². The molecule has 39 heavy (non-hydrogen) atoms. The van der Waals surface area contributed by atoms with Gasteiger partial charge < -0.3 is 18.9 Å². The van der Waals surface area contributed by atoms with Crippen molar-refractivity contribution >= 4 is 0 Å². The lowest BCUT2D eigenvalue weighted by Gasteiger charge is -2.35. The summed E-state index contributed by atoms with van der Waals surface area (Å²) in [6.45, 7) is 11.8. The first-order chi connectivity index (χ1) is 19.2. The van der Waals surface area contributed by atoms with Crippen LogP contribution in [0, 0.1) is 0 Å². The van der Waals surface area contributed by atoms with E-state index in [9.17, 15) is 0 Å². The van der Waals surface area contributed by atoms with Crippen LogP contribution in [0.3, 0.4) is 0 Å². The van der Waals surface area contributed by atoms with Crippen LogP contribution in [-0.4, -0.2) is 13.6 Å². The van der Waals surface area contributed by atoms with E-state index in [-0.39, 0.29) is 13.6 Å². The van der Waals surface area contributed by atoms with E-state index in [1.54, 1.807) is 0 Å². The fourth-order valence-electron chi connectivity index (χ4n) is 5.77. The van der Waals surface area contributed by atoms with E-state index in [2.05, 4.69) is 112 Å². The van der Waals surface area contributed by atoms with Crippen LogP contribution in [0.4, 0.5) is 0 Å². The highest BCUT2D eigenvalue weighted by Gasteiger charge is 2.46. The van der Waals surface area contributed by atoms with Crippen LogP contribution in [-0.2, 0) is 27.7 Å². The SMILES string of the molecule is C=COCOc1ccc(C2(c3ccc(OCOC=C)c(CC)c3)c3ccccc3-c3ccccc32)cc1CC. The van der Waals surface area contributed by atoms with Crippen LogP contribution in [0.25, 0.3) is 11.1 Å². The second-order valence-corrected chi connectivity index (χ2v) is 9.38. The van der Waals surface area contributed by atoms with Gasteiger partial charge in [0.1, 0.15) is 11.5 Å². The second-order valence-electron chi connectivity index (χ2n) is 9.38.